The fourth-order valence-corrected chi connectivity index (χ4v) is 5.06. The van der Waals surface area contributed by atoms with E-state index in [4.69, 9.17) is 19.5 Å². The van der Waals surface area contributed by atoms with E-state index in [1.54, 1.807) is 42.7 Å². The fraction of sp³-hybridized carbons (Fsp3) is 0.259. The molecule has 1 aliphatic heterocycles. The van der Waals surface area contributed by atoms with Crippen LogP contribution in [0.1, 0.15) is 36.6 Å². The summed E-state index contributed by atoms with van der Waals surface area (Å²) in [6.07, 6.45) is 1.75. The number of nitriles is 1. The summed E-state index contributed by atoms with van der Waals surface area (Å²) in [5.41, 5.74) is 3.19. The average molecular weight is 504 g/mol. The van der Waals surface area contributed by atoms with E-state index in [1.165, 1.54) is 18.4 Å². The van der Waals surface area contributed by atoms with Crippen LogP contribution in [0.5, 0.6) is 11.5 Å². The molecule has 0 fully saturated rings. The predicted molar refractivity (Wildman–Crippen MR) is 136 cm³/mol. The zero-order valence-electron chi connectivity index (χ0n) is 20.4. The maximum atomic E-state index is 13.7. The summed E-state index contributed by atoms with van der Waals surface area (Å²) in [6, 6.07) is 14.2. The average Bonchev–Trinajstić information content (AvgIpc) is 3.17. The molecule has 1 aliphatic rings. The third-order valence-corrected chi connectivity index (χ3v) is 6.67. The quantitative estimate of drug-likeness (QED) is 0.459. The Morgan fingerprint density at radius 1 is 1.19 bits per heavy atom. The van der Waals surface area contributed by atoms with Gasteiger partial charge in [-0.1, -0.05) is 47.2 Å². The first-order chi connectivity index (χ1) is 17.4. The number of nitrogens with zero attached hydrogens (tertiary/aromatic N) is 3. The number of allylic oxidation sites excluding steroid dienone is 1. The van der Waals surface area contributed by atoms with E-state index in [-0.39, 0.29) is 18.8 Å². The summed E-state index contributed by atoms with van der Waals surface area (Å²) in [5, 5.41) is 8.77. The lowest BCUT2D eigenvalue weighted by Gasteiger charge is -2.24. The molecule has 0 N–H and O–H groups in total. The number of carbonyl (C=O) groups excluding carboxylic acids is 1. The van der Waals surface area contributed by atoms with Crippen molar-refractivity contribution in [1.29, 1.82) is 5.26 Å². The Hall–Kier alpha value is -4.16. The molecule has 0 saturated carbocycles. The zero-order valence-corrected chi connectivity index (χ0v) is 21.2. The Morgan fingerprint density at radius 3 is 2.61 bits per heavy atom. The minimum absolute atomic E-state index is 0.102. The van der Waals surface area contributed by atoms with Gasteiger partial charge < -0.3 is 14.2 Å². The number of benzene rings is 2. The number of hydrogen-bond acceptors (Lipinski definition) is 8. The first-order valence-electron chi connectivity index (χ1n) is 11.3. The van der Waals surface area contributed by atoms with Crippen LogP contribution in [0.2, 0.25) is 0 Å². The highest BCUT2D eigenvalue weighted by molar-refractivity contribution is 7.07. The lowest BCUT2D eigenvalue weighted by molar-refractivity contribution is -0.139. The van der Waals surface area contributed by atoms with E-state index in [0.29, 0.717) is 32.1 Å². The van der Waals surface area contributed by atoms with Gasteiger partial charge in [0.2, 0.25) is 0 Å². The summed E-state index contributed by atoms with van der Waals surface area (Å²) in [7, 11) is 1.51. The minimum Gasteiger partial charge on any atom is -0.493 e. The second-order valence-electron chi connectivity index (χ2n) is 8.07. The molecule has 0 spiro atoms. The SMILES string of the molecule is CCOC(=O)C1=C(C)N=c2s/c(=C/c3ccc(OCC#N)c(OC)c3)c(=O)n2[C@H]1c1ccc(C)cc1. The number of esters is 1. The highest BCUT2D eigenvalue weighted by Crippen LogP contribution is 2.31. The molecule has 0 unspecified atom stereocenters. The molecular weight excluding hydrogens is 478 g/mol. The van der Waals surface area contributed by atoms with Crippen molar-refractivity contribution in [1.82, 2.24) is 4.57 Å². The predicted octanol–water partition coefficient (Wildman–Crippen LogP) is 3.02. The van der Waals surface area contributed by atoms with Crippen LogP contribution >= 0.6 is 11.3 Å². The van der Waals surface area contributed by atoms with Crippen LogP contribution in [0.25, 0.3) is 6.08 Å². The molecular formula is C27H25N3O5S. The topological polar surface area (TPSA) is 103 Å². The van der Waals surface area contributed by atoms with Crippen molar-refractivity contribution < 1.29 is 19.0 Å². The van der Waals surface area contributed by atoms with Gasteiger partial charge in [-0.05, 0) is 50.1 Å². The van der Waals surface area contributed by atoms with E-state index in [9.17, 15) is 9.59 Å². The van der Waals surface area contributed by atoms with Gasteiger partial charge in [-0.3, -0.25) is 9.36 Å². The number of carbonyl (C=O) groups is 1. The molecule has 36 heavy (non-hydrogen) atoms. The number of ether oxygens (including phenoxy) is 3. The molecule has 1 atom stereocenters. The molecule has 9 heteroatoms. The molecule has 0 aliphatic carbocycles. The first kappa shape index (κ1) is 24.9. The van der Waals surface area contributed by atoms with E-state index in [1.807, 2.05) is 37.3 Å². The highest BCUT2D eigenvalue weighted by atomic mass is 32.1. The van der Waals surface area contributed by atoms with Gasteiger partial charge in [0.1, 0.15) is 6.07 Å². The number of aromatic nitrogens is 1. The molecule has 2 aromatic carbocycles. The highest BCUT2D eigenvalue weighted by Gasteiger charge is 2.33. The maximum Gasteiger partial charge on any atom is 0.338 e. The standard InChI is InChI=1S/C27H25N3O5S/c1-5-34-26(32)23-17(3)29-27-30(24(23)19-9-6-16(2)7-10-19)25(31)22(36-27)15-18-8-11-20(35-13-12-28)21(14-18)33-4/h6-11,14-15,24H,5,13H2,1-4H3/b22-15+/t24-/m0/s1. The smallest absolute Gasteiger partial charge is 0.338 e. The van der Waals surface area contributed by atoms with Crippen molar-refractivity contribution in [2.75, 3.05) is 20.3 Å². The second kappa shape index (κ2) is 10.6. The van der Waals surface area contributed by atoms with Gasteiger partial charge in [-0.15, -0.1) is 0 Å². The fourth-order valence-electron chi connectivity index (χ4n) is 4.01. The van der Waals surface area contributed by atoms with E-state index in [2.05, 4.69) is 4.99 Å². The van der Waals surface area contributed by atoms with Crippen molar-refractivity contribution in [3.63, 3.8) is 0 Å². The van der Waals surface area contributed by atoms with E-state index >= 15 is 0 Å². The van der Waals surface area contributed by atoms with Crippen LogP contribution in [0.4, 0.5) is 0 Å². The summed E-state index contributed by atoms with van der Waals surface area (Å²) >= 11 is 1.25. The normalized spacial score (nSPS) is 15.1. The molecule has 3 aromatic rings. The van der Waals surface area contributed by atoms with Crippen LogP contribution in [0.15, 0.2) is 63.5 Å². The Balaban J connectivity index is 1.87. The molecule has 0 amide bonds. The van der Waals surface area contributed by atoms with Crippen molar-refractivity contribution >= 4 is 23.4 Å². The van der Waals surface area contributed by atoms with Crippen molar-refractivity contribution in [2.24, 2.45) is 4.99 Å². The largest absolute Gasteiger partial charge is 0.493 e. The monoisotopic (exact) mass is 503 g/mol. The second-order valence-corrected chi connectivity index (χ2v) is 9.08. The lowest BCUT2D eigenvalue weighted by Crippen LogP contribution is -2.39. The number of fused-ring (bicyclic) bond motifs is 1. The number of aryl methyl sites for hydroxylation is 1. The molecule has 0 bridgehead atoms. The minimum atomic E-state index is -0.653. The first-order valence-corrected chi connectivity index (χ1v) is 12.1. The Morgan fingerprint density at radius 2 is 1.94 bits per heavy atom. The Bertz CT molecular complexity index is 1560. The van der Waals surface area contributed by atoms with Gasteiger partial charge in [0.15, 0.2) is 22.9 Å². The molecule has 2 heterocycles. The molecule has 4 rings (SSSR count). The molecule has 184 valence electrons. The van der Waals surface area contributed by atoms with Gasteiger partial charge in [0.25, 0.3) is 5.56 Å². The van der Waals surface area contributed by atoms with Gasteiger partial charge >= 0.3 is 5.97 Å². The Kier molecular flexibility index (Phi) is 7.36. The molecule has 0 radical (unpaired) electrons. The zero-order chi connectivity index (χ0) is 25.8. The number of hydrogen-bond donors (Lipinski definition) is 0. The van der Waals surface area contributed by atoms with Gasteiger partial charge in [-0.2, -0.15) is 5.26 Å². The summed E-state index contributed by atoms with van der Waals surface area (Å²) in [6.45, 7) is 5.60. The third-order valence-electron chi connectivity index (χ3n) is 5.69. The van der Waals surface area contributed by atoms with Crippen LogP contribution in [0.3, 0.4) is 0 Å². The van der Waals surface area contributed by atoms with Gasteiger partial charge in [0, 0.05) is 0 Å². The van der Waals surface area contributed by atoms with Gasteiger partial charge in [-0.25, -0.2) is 9.79 Å². The van der Waals surface area contributed by atoms with E-state index in [0.717, 1.165) is 16.7 Å². The van der Waals surface area contributed by atoms with Gasteiger partial charge in [0.05, 0.1) is 35.6 Å². The van der Waals surface area contributed by atoms with Crippen LogP contribution in [0, 0.1) is 18.3 Å². The lowest BCUT2D eigenvalue weighted by atomic mass is 9.95. The Labute approximate surface area is 212 Å². The maximum absolute atomic E-state index is 13.7. The summed E-state index contributed by atoms with van der Waals surface area (Å²) < 4.78 is 18.1. The number of rotatable bonds is 7. The molecule has 0 saturated heterocycles. The number of thiazole rings is 1. The van der Waals surface area contributed by atoms with Crippen molar-refractivity contribution in [3.8, 4) is 17.6 Å². The third kappa shape index (κ3) is 4.81. The summed E-state index contributed by atoms with van der Waals surface area (Å²) in [5.74, 6) is 0.396. The summed E-state index contributed by atoms with van der Waals surface area (Å²) in [4.78, 5) is 31.7. The van der Waals surface area contributed by atoms with Crippen LogP contribution in [-0.4, -0.2) is 30.9 Å². The van der Waals surface area contributed by atoms with Crippen molar-refractivity contribution in [3.05, 3.63) is 90.1 Å². The van der Waals surface area contributed by atoms with Crippen LogP contribution in [-0.2, 0) is 9.53 Å². The molecule has 8 nitrogen and oxygen atoms in total. The van der Waals surface area contributed by atoms with Crippen molar-refractivity contribution in [2.45, 2.75) is 26.8 Å². The van der Waals surface area contributed by atoms with Crippen LogP contribution < -0.4 is 24.4 Å². The van der Waals surface area contributed by atoms with E-state index < -0.39 is 12.0 Å². The molecule has 1 aromatic heterocycles. The number of methoxy groups -OCH3 is 1.